The van der Waals surface area contributed by atoms with E-state index in [0.717, 1.165) is 17.7 Å². The molecule has 7 nitrogen and oxygen atoms in total. The predicted octanol–water partition coefficient (Wildman–Crippen LogP) is 3.61. The summed E-state index contributed by atoms with van der Waals surface area (Å²) in [6, 6.07) is 16.3. The molecular weight excluding hydrogens is 394 g/mol. The summed E-state index contributed by atoms with van der Waals surface area (Å²) in [5, 5.41) is 11.6. The molecule has 0 radical (unpaired) electrons. The number of ether oxygens (including phenoxy) is 1. The lowest BCUT2D eigenvalue weighted by Crippen LogP contribution is -2.29. The molecule has 0 spiro atoms. The number of hydrogen-bond acceptors (Lipinski definition) is 5. The van der Waals surface area contributed by atoms with Crippen LogP contribution in [0, 0.1) is 17.2 Å². The first-order chi connectivity index (χ1) is 14.9. The minimum absolute atomic E-state index is 0.0482. The van der Waals surface area contributed by atoms with Crippen LogP contribution in [0.3, 0.4) is 0 Å². The SMILES string of the molecule is CC[C@H](C)c1ccccc1N1C[C@@H](C(=O)OCC(=O)Nc2ccccc2C#N)CC1=O. The van der Waals surface area contributed by atoms with Gasteiger partial charge in [0.15, 0.2) is 6.61 Å². The molecule has 1 fully saturated rings. The van der Waals surface area contributed by atoms with Gasteiger partial charge in [0.2, 0.25) is 5.91 Å². The van der Waals surface area contributed by atoms with Crippen LogP contribution >= 0.6 is 0 Å². The number of para-hydroxylation sites is 2. The zero-order valence-electron chi connectivity index (χ0n) is 17.6. The number of carbonyl (C=O) groups excluding carboxylic acids is 3. The van der Waals surface area contributed by atoms with Gasteiger partial charge in [-0.25, -0.2) is 0 Å². The van der Waals surface area contributed by atoms with Crippen molar-refractivity contribution in [1.29, 1.82) is 5.26 Å². The fraction of sp³-hybridized carbons (Fsp3) is 0.333. The average Bonchev–Trinajstić information content (AvgIpc) is 3.18. The minimum atomic E-state index is -0.628. The Hall–Kier alpha value is -3.66. The summed E-state index contributed by atoms with van der Waals surface area (Å²) in [5.74, 6) is -1.60. The average molecular weight is 419 g/mol. The Balaban J connectivity index is 1.60. The highest BCUT2D eigenvalue weighted by atomic mass is 16.5. The molecule has 1 aliphatic rings. The minimum Gasteiger partial charge on any atom is -0.455 e. The number of amides is 2. The third-order valence-electron chi connectivity index (χ3n) is 5.50. The highest BCUT2D eigenvalue weighted by Crippen LogP contribution is 2.33. The van der Waals surface area contributed by atoms with Gasteiger partial charge < -0.3 is 15.0 Å². The van der Waals surface area contributed by atoms with Gasteiger partial charge >= 0.3 is 5.97 Å². The number of hydrogen-bond donors (Lipinski definition) is 1. The monoisotopic (exact) mass is 419 g/mol. The highest BCUT2D eigenvalue weighted by molar-refractivity contribution is 6.00. The molecule has 0 saturated carbocycles. The normalized spacial score (nSPS) is 16.5. The largest absolute Gasteiger partial charge is 0.455 e. The van der Waals surface area contributed by atoms with Crippen LogP contribution in [-0.2, 0) is 19.1 Å². The van der Waals surface area contributed by atoms with E-state index < -0.39 is 24.4 Å². The van der Waals surface area contributed by atoms with Crippen LogP contribution in [0.5, 0.6) is 0 Å². The topological polar surface area (TPSA) is 99.5 Å². The Bertz CT molecular complexity index is 1030. The second kappa shape index (κ2) is 9.90. The number of anilines is 2. The lowest BCUT2D eigenvalue weighted by Gasteiger charge is -2.23. The number of esters is 1. The maximum atomic E-state index is 12.6. The molecule has 1 heterocycles. The molecule has 1 aliphatic heterocycles. The van der Waals surface area contributed by atoms with Crippen molar-refractivity contribution in [2.45, 2.75) is 32.6 Å². The summed E-state index contributed by atoms with van der Waals surface area (Å²) >= 11 is 0. The van der Waals surface area contributed by atoms with Crippen LogP contribution in [0.25, 0.3) is 0 Å². The van der Waals surface area contributed by atoms with Gasteiger partial charge in [0, 0.05) is 18.7 Å². The molecule has 1 N–H and O–H groups in total. The molecule has 3 rings (SSSR count). The standard InChI is InChI=1S/C24H25N3O4/c1-3-16(2)19-9-5-7-11-21(19)27-14-18(12-23(27)29)24(30)31-15-22(28)26-20-10-6-4-8-17(20)13-25/h4-11,16,18H,3,12,14-15H2,1-2H3,(H,26,28)/t16-,18-/m0/s1. The van der Waals surface area contributed by atoms with Crippen molar-refractivity contribution in [2.24, 2.45) is 5.92 Å². The lowest BCUT2D eigenvalue weighted by atomic mass is 9.96. The van der Waals surface area contributed by atoms with E-state index >= 15 is 0 Å². The van der Waals surface area contributed by atoms with E-state index in [-0.39, 0.29) is 24.8 Å². The smallest absolute Gasteiger partial charge is 0.311 e. The van der Waals surface area contributed by atoms with Crippen LogP contribution < -0.4 is 10.2 Å². The Morgan fingerprint density at radius 2 is 1.94 bits per heavy atom. The van der Waals surface area contributed by atoms with Crippen molar-refractivity contribution >= 4 is 29.2 Å². The van der Waals surface area contributed by atoms with Crippen LogP contribution in [0.1, 0.15) is 43.7 Å². The maximum Gasteiger partial charge on any atom is 0.311 e. The molecule has 2 aromatic rings. The first-order valence-corrected chi connectivity index (χ1v) is 10.3. The van der Waals surface area contributed by atoms with E-state index in [1.165, 1.54) is 0 Å². The molecular formula is C24H25N3O4. The summed E-state index contributed by atoms with van der Waals surface area (Å²) in [4.78, 5) is 38.9. The molecule has 2 amide bonds. The van der Waals surface area contributed by atoms with Crippen molar-refractivity contribution in [2.75, 3.05) is 23.4 Å². The van der Waals surface area contributed by atoms with E-state index in [2.05, 4.69) is 19.2 Å². The van der Waals surface area contributed by atoms with Crippen molar-refractivity contribution in [1.82, 2.24) is 0 Å². The van der Waals surface area contributed by atoms with E-state index in [9.17, 15) is 14.4 Å². The quantitative estimate of drug-likeness (QED) is 0.691. The first-order valence-electron chi connectivity index (χ1n) is 10.3. The fourth-order valence-electron chi connectivity index (χ4n) is 3.60. The van der Waals surface area contributed by atoms with Gasteiger partial charge in [-0.2, -0.15) is 5.26 Å². The highest BCUT2D eigenvalue weighted by Gasteiger charge is 2.37. The molecule has 0 aliphatic carbocycles. The van der Waals surface area contributed by atoms with Gasteiger partial charge in [-0.3, -0.25) is 14.4 Å². The molecule has 0 unspecified atom stereocenters. The van der Waals surface area contributed by atoms with Gasteiger partial charge in [0.25, 0.3) is 5.91 Å². The van der Waals surface area contributed by atoms with Gasteiger partial charge in [-0.1, -0.05) is 44.2 Å². The summed E-state index contributed by atoms with van der Waals surface area (Å²) in [7, 11) is 0. The van der Waals surface area contributed by atoms with Crippen molar-refractivity contribution < 1.29 is 19.1 Å². The van der Waals surface area contributed by atoms with E-state index in [1.807, 2.05) is 30.3 Å². The maximum absolute atomic E-state index is 12.6. The molecule has 2 aromatic carbocycles. The van der Waals surface area contributed by atoms with Gasteiger partial charge in [-0.05, 0) is 36.1 Å². The molecule has 2 atom stereocenters. The molecule has 0 bridgehead atoms. The predicted molar refractivity (Wildman–Crippen MR) is 116 cm³/mol. The van der Waals surface area contributed by atoms with Crippen LogP contribution in [0.4, 0.5) is 11.4 Å². The van der Waals surface area contributed by atoms with E-state index in [0.29, 0.717) is 11.3 Å². The van der Waals surface area contributed by atoms with Gasteiger partial charge in [0.05, 0.1) is 17.2 Å². The number of nitrogens with one attached hydrogen (secondary N) is 1. The number of rotatable bonds is 7. The zero-order chi connectivity index (χ0) is 22.4. The molecule has 0 aromatic heterocycles. The van der Waals surface area contributed by atoms with Gasteiger partial charge in [0.1, 0.15) is 6.07 Å². The number of benzene rings is 2. The third-order valence-corrected chi connectivity index (χ3v) is 5.50. The fourth-order valence-corrected chi connectivity index (χ4v) is 3.60. The first kappa shape index (κ1) is 22.0. The zero-order valence-corrected chi connectivity index (χ0v) is 17.6. The van der Waals surface area contributed by atoms with Crippen molar-refractivity contribution in [3.05, 3.63) is 59.7 Å². The van der Waals surface area contributed by atoms with E-state index in [1.54, 1.807) is 29.2 Å². The Morgan fingerprint density at radius 3 is 2.68 bits per heavy atom. The van der Waals surface area contributed by atoms with E-state index in [4.69, 9.17) is 10.00 Å². The summed E-state index contributed by atoms with van der Waals surface area (Å²) < 4.78 is 5.15. The Kier molecular flexibility index (Phi) is 7.03. The van der Waals surface area contributed by atoms with Crippen LogP contribution in [0.2, 0.25) is 0 Å². The van der Waals surface area contributed by atoms with Crippen molar-refractivity contribution in [3.63, 3.8) is 0 Å². The summed E-state index contributed by atoms with van der Waals surface area (Å²) in [6.45, 7) is 3.94. The van der Waals surface area contributed by atoms with Crippen molar-refractivity contribution in [3.8, 4) is 6.07 Å². The number of carbonyl (C=O) groups is 3. The lowest BCUT2D eigenvalue weighted by molar-refractivity contribution is -0.151. The Labute approximate surface area is 181 Å². The number of nitriles is 1. The number of nitrogens with zero attached hydrogens (tertiary/aromatic N) is 2. The second-order valence-electron chi connectivity index (χ2n) is 7.59. The molecule has 31 heavy (non-hydrogen) atoms. The molecule has 160 valence electrons. The molecule has 1 saturated heterocycles. The Morgan fingerprint density at radius 1 is 1.23 bits per heavy atom. The molecule has 7 heteroatoms. The van der Waals surface area contributed by atoms with Crippen LogP contribution in [0.15, 0.2) is 48.5 Å². The summed E-state index contributed by atoms with van der Waals surface area (Å²) in [5.41, 5.74) is 2.57. The third kappa shape index (κ3) is 5.10. The summed E-state index contributed by atoms with van der Waals surface area (Å²) in [6.07, 6.45) is 0.987. The van der Waals surface area contributed by atoms with Gasteiger partial charge in [-0.15, -0.1) is 0 Å². The van der Waals surface area contributed by atoms with Crippen LogP contribution in [-0.4, -0.2) is 30.9 Å². The second-order valence-corrected chi connectivity index (χ2v) is 7.59.